The standard InChI is InChI=1S/C21H22FN3O7S/c1-14-2-5-17(6-3-14)33(30,31)24-10-8-15(9-11-24)21(27)32-13-20(26)23-16-4-7-18(22)19(12-16)25(28)29/h2-7,12,15H,8-11,13H2,1H3,(H,23,26). The number of carbonyl (C=O) groups excluding carboxylic acids is 2. The van der Waals surface area contributed by atoms with E-state index in [9.17, 15) is 32.5 Å². The van der Waals surface area contributed by atoms with E-state index >= 15 is 0 Å². The maximum Gasteiger partial charge on any atom is 0.309 e. The lowest BCUT2D eigenvalue weighted by Crippen LogP contribution is -2.40. The van der Waals surface area contributed by atoms with Crippen molar-refractivity contribution in [3.05, 3.63) is 64.0 Å². The number of nitrogens with zero attached hydrogens (tertiary/aromatic N) is 2. The number of nitro benzene ring substituents is 1. The minimum Gasteiger partial charge on any atom is -0.455 e. The van der Waals surface area contributed by atoms with Gasteiger partial charge in [-0.15, -0.1) is 0 Å². The molecule has 0 aromatic heterocycles. The molecule has 0 spiro atoms. The van der Waals surface area contributed by atoms with Crippen LogP contribution in [0, 0.1) is 28.8 Å². The summed E-state index contributed by atoms with van der Waals surface area (Å²) in [7, 11) is -3.66. The maximum atomic E-state index is 13.4. The van der Waals surface area contributed by atoms with Crippen LogP contribution in [-0.4, -0.2) is 49.2 Å². The number of halogens is 1. The van der Waals surface area contributed by atoms with Crippen molar-refractivity contribution in [1.29, 1.82) is 0 Å². The van der Waals surface area contributed by atoms with E-state index in [4.69, 9.17) is 4.74 Å². The molecule has 2 aromatic carbocycles. The Labute approximate surface area is 189 Å². The molecular formula is C21H22FN3O7S. The van der Waals surface area contributed by atoms with Crippen LogP contribution in [0.3, 0.4) is 0 Å². The normalized spacial score (nSPS) is 15.1. The molecule has 176 valence electrons. The van der Waals surface area contributed by atoms with E-state index in [0.717, 1.165) is 23.8 Å². The number of hydrogen-bond acceptors (Lipinski definition) is 7. The quantitative estimate of drug-likeness (QED) is 0.366. The van der Waals surface area contributed by atoms with Gasteiger partial charge in [-0.3, -0.25) is 19.7 Å². The monoisotopic (exact) mass is 479 g/mol. The number of piperidine rings is 1. The molecule has 1 heterocycles. The molecule has 12 heteroatoms. The van der Waals surface area contributed by atoms with Gasteiger partial charge in [-0.25, -0.2) is 8.42 Å². The number of aryl methyl sites for hydroxylation is 1. The Hall–Kier alpha value is -3.38. The Bertz CT molecular complexity index is 1160. The van der Waals surface area contributed by atoms with Crippen molar-refractivity contribution < 1.29 is 32.1 Å². The van der Waals surface area contributed by atoms with Crippen LogP contribution in [0.5, 0.6) is 0 Å². The highest BCUT2D eigenvalue weighted by molar-refractivity contribution is 7.89. The van der Waals surface area contributed by atoms with Crippen molar-refractivity contribution >= 4 is 33.3 Å². The topological polar surface area (TPSA) is 136 Å². The number of rotatable bonds is 7. The summed E-state index contributed by atoms with van der Waals surface area (Å²) in [6.07, 6.45) is 0.491. The number of carbonyl (C=O) groups is 2. The van der Waals surface area contributed by atoms with Crippen molar-refractivity contribution in [2.75, 3.05) is 25.0 Å². The zero-order chi connectivity index (χ0) is 24.2. The minimum absolute atomic E-state index is 0.0150. The summed E-state index contributed by atoms with van der Waals surface area (Å²) in [6, 6.07) is 9.36. The summed E-state index contributed by atoms with van der Waals surface area (Å²) < 4.78 is 45.2. The molecule has 0 bridgehead atoms. The summed E-state index contributed by atoms with van der Waals surface area (Å²) in [6.45, 7) is 1.51. The number of esters is 1. The molecule has 1 N–H and O–H groups in total. The number of sulfonamides is 1. The fourth-order valence-corrected chi connectivity index (χ4v) is 4.84. The van der Waals surface area contributed by atoms with Crippen LogP contribution in [0.25, 0.3) is 0 Å². The number of nitro groups is 1. The van der Waals surface area contributed by atoms with Gasteiger partial charge in [0.05, 0.1) is 15.7 Å². The molecule has 0 aliphatic carbocycles. The first kappa shape index (κ1) is 24.3. The number of nitrogens with one attached hydrogen (secondary N) is 1. The Balaban J connectivity index is 1.49. The van der Waals surface area contributed by atoms with Crippen LogP contribution in [0.15, 0.2) is 47.4 Å². The highest BCUT2D eigenvalue weighted by Crippen LogP contribution is 2.25. The molecule has 1 saturated heterocycles. The van der Waals surface area contributed by atoms with Crippen LogP contribution >= 0.6 is 0 Å². The fraction of sp³-hybridized carbons (Fsp3) is 0.333. The van der Waals surface area contributed by atoms with Crippen LogP contribution in [0.4, 0.5) is 15.8 Å². The van der Waals surface area contributed by atoms with E-state index < -0.39 is 50.9 Å². The van der Waals surface area contributed by atoms with Crippen molar-refractivity contribution in [3.63, 3.8) is 0 Å². The van der Waals surface area contributed by atoms with Gasteiger partial charge in [-0.1, -0.05) is 17.7 Å². The summed E-state index contributed by atoms with van der Waals surface area (Å²) in [5.74, 6) is -2.99. The predicted molar refractivity (Wildman–Crippen MR) is 115 cm³/mol. The van der Waals surface area contributed by atoms with E-state index in [1.54, 1.807) is 24.3 Å². The molecule has 3 rings (SSSR count). The van der Waals surface area contributed by atoms with Crippen LogP contribution in [-0.2, 0) is 24.3 Å². The first-order chi connectivity index (χ1) is 15.6. The molecule has 0 atom stereocenters. The van der Waals surface area contributed by atoms with Crippen LogP contribution in [0.1, 0.15) is 18.4 Å². The predicted octanol–water partition coefficient (Wildman–Crippen LogP) is 2.62. The molecule has 0 unspecified atom stereocenters. The lowest BCUT2D eigenvalue weighted by atomic mass is 9.98. The molecule has 1 amide bonds. The second-order valence-corrected chi connectivity index (χ2v) is 9.51. The molecule has 0 saturated carbocycles. The van der Waals surface area contributed by atoms with E-state index in [0.29, 0.717) is 0 Å². The van der Waals surface area contributed by atoms with Gasteiger partial charge < -0.3 is 10.1 Å². The highest BCUT2D eigenvalue weighted by atomic mass is 32.2. The first-order valence-corrected chi connectivity index (χ1v) is 11.5. The van der Waals surface area contributed by atoms with Gasteiger partial charge in [-0.05, 0) is 44.0 Å². The summed E-state index contributed by atoms with van der Waals surface area (Å²) in [5.41, 5.74) is 0.132. The first-order valence-electron chi connectivity index (χ1n) is 10.0. The average molecular weight is 479 g/mol. The third kappa shape index (κ3) is 5.90. The molecule has 33 heavy (non-hydrogen) atoms. The number of hydrogen-bond donors (Lipinski definition) is 1. The lowest BCUT2D eigenvalue weighted by Gasteiger charge is -2.30. The van der Waals surface area contributed by atoms with Crippen molar-refractivity contribution in [2.45, 2.75) is 24.7 Å². The van der Waals surface area contributed by atoms with Gasteiger partial charge in [0, 0.05) is 24.8 Å². The van der Waals surface area contributed by atoms with Crippen LogP contribution < -0.4 is 5.32 Å². The molecule has 0 radical (unpaired) electrons. The second-order valence-electron chi connectivity index (χ2n) is 7.57. The minimum atomic E-state index is -3.66. The zero-order valence-electron chi connectivity index (χ0n) is 17.7. The van der Waals surface area contributed by atoms with Gasteiger partial charge in [0.1, 0.15) is 0 Å². The van der Waals surface area contributed by atoms with Gasteiger partial charge in [0.15, 0.2) is 6.61 Å². The molecule has 1 aliphatic rings. The van der Waals surface area contributed by atoms with Gasteiger partial charge in [-0.2, -0.15) is 8.70 Å². The van der Waals surface area contributed by atoms with E-state index in [1.165, 1.54) is 4.31 Å². The van der Waals surface area contributed by atoms with E-state index in [-0.39, 0.29) is 36.5 Å². The average Bonchev–Trinajstić information content (AvgIpc) is 2.79. The van der Waals surface area contributed by atoms with Crippen molar-refractivity contribution in [1.82, 2.24) is 4.31 Å². The van der Waals surface area contributed by atoms with Crippen molar-refractivity contribution in [2.24, 2.45) is 5.92 Å². The fourth-order valence-electron chi connectivity index (χ4n) is 3.37. The molecule has 2 aromatic rings. The van der Waals surface area contributed by atoms with E-state index in [2.05, 4.69) is 5.32 Å². The van der Waals surface area contributed by atoms with Gasteiger partial charge in [0.2, 0.25) is 15.8 Å². The Morgan fingerprint density at radius 3 is 2.42 bits per heavy atom. The van der Waals surface area contributed by atoms with Gasteiger partial charge in [0.25, 0.3) is 5.91 Å². The van der Waals surface area contributed by atoms with Crippen LogP contribution in [0.2, 0.25) is 0 Å². The molecular weight excluding hydrogens is 457 g/mol. The SMILES string of the molecule is Cc1ccc(S(=O)(=O)N2CCC(C(=O)OCC(=O)Nc3ccc(F)c([N+](=O)[O-])c3)CC2)cc1. The lowest BCUT2D eigenvalue weighted by molar-refractivity contribution is -0.387. The largest absolute Gasteiger partial charge is 0.455 e. The smallest absolute Gasteiger partial charge is 0.309 e. The van der Waals surface area contributed by atoms with E-state index in [1.807, 2.05) is 6.92 Å². The zero-order valence-corrected chi connectivity index (χ0v) is 18.5. The second kappa shape index (κ2) is 10.0. The number of amides is 1. The molecule has 1 aliphatic heterocycles. The summed E-state index contributed by atoms with van der Waals surface area (Å²) in [5, 5.41) is 13.1. The Morgan fingerprint density at radius 1 is 1.18 bits per heavy atom. The molecule has 10 nitrogen and oxygen atoms in total. The third-order valence-electron chi connectivity index (χ3n) is 5.22. The molecule has 1 fully saturated rings. The summed E-state index contributed by atoms with van der Waals surface area (Å²) >= 11 is 0. The Morgan fingerprint density at radius 2 is 1.82 bits per heavy atom. The maximum absolute atomic E-state index is 13.4. The Kier molecular flexibility index (Phi) is 7.39. The number of anilines is 1. The number of benzene rings is 2. The highest BCUT2D eigenvalue weighted by Gasteiger charge is 2.33. The number of ether oxygens (including phenoxy) is 1. The van der Waals surface area contributed by atoms with Gasteiger partial charge >= 0.3 is 11.7 Å². The third-order valence-corrected chi connectivity index (χ3v) is 7.13. The van der Waals surface area contributed by atoms with Crippen molar-refractivity contribution in [3.8, 4) is 0 Å². The summed E-state index contributed by atoms with van der Waals surface area (Å²) in [4.78, 5) is 34.3.